The van der Waals surface area contributed by atoms with Gasteiger partial charge in [0.15, 0.2) is 0 Å². The molecule has 0 saturated heterocycles. The van der Waals surface area contributed by atoms with Crippen molar-refractivity contribution in [2.24, 2.45) is 0 Å². The van der Waals surface area contributed by atoms with Crippen molar-refractivity contribution in [3.05, 3.63) is 65.6 Å². The first-order chi connectivity index (χ1) is 8.70. The molecule has 18 heavy (non-hydrogen) atoms. The Morgan fingerprint density at radius 1 is 1.06 bits per heavy atom. The molecule has 1 aromatic carbocycles. The Kier molecular flexibility index (Phi) is 2.52. The second-order valence-corrected chi connectivity index (χ2v) is 4.62. The van der Waals surface area contributed by atoms with Crippen LogP contribution in [0.25, 0.3) is 5.65 Å². The van der Waals surface area contributed by atoms with Gasteiger partial charge in [-0.15, -0.1) is 0 Å². The van der Waals surface area contributed by atoms with Crippen molar-refractivity contribution in [1.29, 1.82) is 0 Å². The van der Waals surface area contributed by atoms with Crippen molar-refractivity contribution in [3.8, 4) is 0 Å². The first-order valence-corrected chi connectivity index (χ1v) is 5.99. The van der Waals surface area contributed by atoms with Gasteiger partial charge in [0, 0.05) is 24.5 Å². The summed E-state index contributed by atoms with van der Waals surface area (Å²) in [6.45, 7) is 2.09. The van der Waals surface area contributed by atoms with E-state index in [4.69, 9.17) is 5.73 Å². The largest absolute Gasteiger partial charge is 0.398 e. The summed E-state index contributed by atoms with van der Waals surface area (Å²) in [5.41, 5.74) is 11.1. The van der Waals surface area contributed by atoms with Gasteiger partial charge in [0.05, 0.1) is 5.69 Å². The molecule has 0 aliphatic carbocycles. The molecule has 0 radical (unpaired) electrons. The fourth-order valence-electron chi connectivity index (χ4n) is 2.06. The summed E-state index contributed by atoms with van der Waals surface area (Å²) in [4.78, 5) is 4.58. The number of fused-ring (bicyclic) bond motifs is 1. The lowest BCUT2D eigenvalue weighted by molar-refractivity contribution is 1.11. The molecule has 3 nitrogen and oxygen atoms in total. The third-order valence-corrected chi connectivity index (χ3v) is 3.03. The maximum atomic E-state index is 5.75. The third-order valence-electron chi connectivity index (χ3n) is 3.03. The molecular formula is C15H15N3. The number of benzene rings is 1. The number of hydrogen-bond donors (Lipinski definition) is 1. The number of nitrogen functional groups attached to an aromatic ring is 1. The van der Waals surface area contributed by atoms with Crippen molar-refractivity contribution >= 4 is 11.3 Å². The Morgan fingerprint density at radius 3 is 2.61 bits per heavy atom. The van der Waals surface area contributed by atoms with Gasteiger partial charge in [0.25, 0.3) is 0 Å². The maximum absolute atomic E-state index is 5.75. The molecule has 3 aromatic rings. The molecule has 2 heterocycles. The van der Waals surface area contributed by atoms with E-state index < -0.39 is 0 Å². The summed E-state index contributed by atoms with van der Waals surface area (Å²) in [5, 5.41) is 0. The first-order valence-electron chi connectivity index (χ1n) is 5.99. The smallest absolute Gasteiger partial charge is 0.137 e. The fraction of sp³-hybridized carbons (Fsp3) is 0.133. The fourth-order valence-corrected chi connectivity index (χ4v) is 2.06. The highest BCUT2D eigenvalue weighted by Crippen LogP contribution is 2.13. The predicted octanol–water partition coefficient (Wildman–Crippen LogP) is 2.82. The minimum atomic E-state index is 0.752. The Bertz CT molecular complexity index is 681. The van der Waals surface area contributed by atoms with E-state index in [1.54, 1.807) is 0 Å². The van der Waals surface area contributed by atoms with Gasteiger partial charge in [-0.1, -0.05) is 29.8 Å². The van der Waals surface area contributed by atoms with E-state index in [1.807, 2.05) is 28.9 Å². The van der Waals surface area contributed by atoms with Gasteiger partial charge in [-0.3, -0.25) is 0 Å². The van der Waals surface area contributed by atoms with Gasteiger partial charge in [-0.2, -0.15) is 0 Å². The normalized spacial score (nSPS) is 10.9. The quantitative estimate of drug-likeness (QED) is 0.744. The number of nitrogens with zero attached hydrogens (tertiary/aromatic N) is 2. The van der Waals surface area contributed by atoms with Crippen LogP contribution in [0.2, 0.25) is 0 Å². The van der Waals surface area contributed by atoms with Crippen LogP contribution in [-0.2, 0) is 6.42 Å². The number of anilines is 1. The lowest BCUT2D eigenvalue weighted by Gasteiger charge is -1.98. The highest BCUT2D eigenvalue weighted by molar-refractivity contribution is 5.48. The number of aryl methyl sites for hydroxylation is 1. The zero-order chi connectivity index (χ0) is 12.5. The molecule has 0 aliphatic rings. The zero-order valence-electron chi connectivity index (χ0n) is 10.3. The van der Waals surface area contributed by atoms with Crippen molar-refractivity contribution in [1.82, 2.24) is 9.38 Å². The third kappa shape index (κ3) is 2.07. The number of hydrogen-bond acceptors (Lipinski definition) is 2. The average molecular weight is 237 g/mol. The maximum Gasteiger partial charge on any atom is 0.137 e. The van der Waals surface area contributed by atoms with E-state index >= 15 is 0 Å². The van der Waals surface area contributed by atoms with E-state index in [9.17, 15) is 0 Å². The summed E-state index contributed by atoms with van der Waals surface area (Å²) in [6.07, 6.45) is 4.77. The van der Waals surface area contributed by atoms with E-state index in [1.165, 1.54) is 11.1 Å². The van der Waals surface area contributed by atoms with Crippen LogP contribution in [0.15, 0.2) is 48.8 Å². The molecule has 0 spiro atoms. The molecule has 0 aliphatic heterocycles. The molecule has 3 heteroatoms. The number of rotatable bonds is 2. The summed E-state index contributed by atoms with van der Waals surface area (Å²) in [7, 11) is 0. The second kappa shape index (κ2) is 4.18. The van der Waals surface area contributed by atoms with E-state index in [-0.39, 0.29) is 0 Å². The summed E-state index contributed by atoms with van der Waals surface area (Å²) < 4.78 is 1.97. The Balaban J connectivity index is 1.92. The van der Waals surface area contributed by atoms with Gasteiger partial charge in [0.1, 0.15) is 5.65 Å². The molecule has 0 atom stereocenters. The Morgan fingerprint density at radius 2 is 1.83 bits per heavy atom. The van der Waals surface area contributed by atoms with Crippen molar-refractivity contribution in [2.75, 3.05) is 5.73 Å². The summed E-state index contributed by atoms with van der Waals surface area (Å²) in [5.74, 6) is 0. The van der Waals surface area contributed by atoms with E-state index in [0.717, 1.165) is 23.4 Å². The monoisotopic (exact) mass is 237 g/mol. The molecule has 0 unspecified atom stereocenters. The standard InChI is InChI=1S/C15H15N3/c1-11-2-4-12(5-3-11)8-14-10-18-9-13(16)6-7-15(18)17-14/h2-7,9-10H,8,16H2,1H3. The minimum absolute atomic E-state index is 0.752. The van der Waals surface area contributed by atoms with E-state index in [2.05, 4.69) is 36.2 Å². The topological polar surface area (TPSA) is 43.3 Å². The molecule has 2 aromatic heterocycles. The predicted molar refractivity (Wildman–Crippen MR) is 73.6 cm³/mol. The highest BCUT2D eigenvalue weighted by atomic mass is 15.0. The van der Waals surface area contributed by atoms with Crippen LogP contribution >= 0.6 is 0 Å². The van der Waals surface area contributed by atoms with Crippen molar-refractivity contribution < 1.29 is 0 Å². The molecule has 90 valence electrons. The van der Waals surface area contributed by atoms with Gasteiger partial charge in [-0.25, -0.2) is 4.98 Å². The summed E-state index contributed by atoms with van der Waals surface area (Å²) in [6, 6.07) is 12.4. The van der Waals surface area contributed by atoms with Crippen LogP contribution in [0.4, 0.5) is 5.69 Å². The van der Waals surface area contributed by atoms with Crippen LogP contribution in [0, 0.1) is 6.92 Å². The number of imidazole rings is 1. The minimum Gasteiger partial charge on any atom is -0.398 e. The van der Waals surface area contributed by atoms with Gasteiger partial charge in [0.2, 0.25) is 0 Å². The van der Waals surface area contributed by atoms with Gasteiger partial charge < -0.3 is 10.1 Å². The van der Waals surface area contributed by atoms with Crippen LogP contribution in [0.1, 0.15) is 16.8 Å². The van der Waals surface area contributed by atoms with E-state index in [0.29, 0.717) is 0 Å². The SMILES string of the molecule is Cc1ccc(Cc2cn3cc(N)ccc3n2)cc1. The van der Waals surface area contributed by atoms with Crippen LogP contribution in [-0.4, -0.2) is 9.38 Å². The van der Waals surface area contributed by atoms with Crippen LogP contribution < -0.4 is 5.73 Å². The number of nitrogens with two attached hydrogens (primary N) is 1. The molecular weight excluding hydrogens is 222 g/mol. The molecule has 2 N–H and O–H groups in total. The Hall–Kier alpha value is -2.29. The summed E-state index contributed by atoms with van der Waals surface area (Å²) >= 11 is 0. The lowest BCUT2D eigenvalue weighted by atomic mass is 10.1. The molecule has 0 bridgehead atoms. The van der Waals surface area contributed by atoms with Gasteiger partial charge >= 0.3 is 0 Å². The van der Waals surface area contributed by atoms with Gasteiger partial charge in [-0.05, 0) is 24.6 Å². The average Bonchev–Trinajstić information content (AvgIpc) is 2.73. The Labute approximate surface area is 106 Å². The molecule has 0 fully saturated rings. The highest BCUT2D eigenvalue weighted by Gasteiger charge is 2.03. The molecule has 0 amide bonds. The first kappa shape index (κ1) is 10.8. The number of aromatic nitrogens is 2. The van der Waals surface area contributed by atoms with Crippen molar-refractivity contribution in [2.45, 2.75) is 13.3 Å². The lowest BCUT2D eigenvalue weighted by Crippen LogP contribution is -1.88. The molecule has 3 rings (SSSR count). The number of pyridine rings is 1. The van der Waals surface area contributed by atoms with Crippen molar-refractivity contribution in [3.63, 3.8) is 0 Å². The molecule has 0 saturated carbocycles. The van der Waals surface area contributed by atoms with Crippen LogP contribution in [0.5, 0.6) is 0 Å². The zero-order valence-corrected chi connectivity index (χ0v) is 10.3. The second-order valence-electron chi connectivity index (χ2n) is 4.62. The van der Waals surface area contributed by atoms with Crippen LogP contribution in [0.3, 0.4) is 0 Å².